The zero-order chi connectivity index (χ0) is 17.6. The number of rotatable bonds is 6. The first-order valence-corrected chi connectivity index (χ1v) is 8.77. The van der Waals surface area contributed by atoms with Gasteiger partial charge in [0.05, 0.1) is 25.4 Å². The van der Waals surface area contributed by atoms with Gasteiger partial charge in [-0.3, -0.25) is 9.80 Å². The van der Waals surface area contributed by atoms with Crippen molar-refractivity contribution in [3.8, 4) is 5.75 Å². The summed E-state index contributed by atoms with van der Waals surface area (Å²) in [6.07, 6.45) is 0.702. The fraction of sp³-hybridized carbons (Fsp3) is 0.611. The summed E-state index contributed by atoms with van der Waals surface area (Å²) >= 11 is 0. The third kappa shape index (κ3) is 5.15. The minimum Gasteiger partial charge on any atom is -0.482 e. The second-order valence-corrected chi connectivity index (χ2v) is 6.66. The van der Waals surface area contributed by atoms with Crippen LogP contribution in [0.15, 0.2) is 24.3 Å². The lowest BCUT2D eigenvalue weighted by molar-refractivity contribution is -0.139. The molecule has 0 aromatic heterocycles. The molecule has 0 bridgehead atoms. The average Bonchev–Trinajstić information content (AvgIpc) is 2.89. The highest BCUT2D eigenvalue weighted by molar-refractivity contribution is 5.68. The molecule has 2 N–H and O–H groups in total. The summed E-state index contributed by atoms with van der Waals surface area (Å²) in [5, 5.41) is 18.6. The van der Waals surface area contributed by atoms with Gasteiger partial charge in [0.2, 0.25) is 0 Å². The maximum absolute atomic E-state index is 10.5. The summed E-state index contributed by atoms with van der Waals surface area (Å²) in [4.78, 5) is 15.3. The molecule has 2 saturated heterocycles. The van der Waals surface area contributed by atoms with Crippen molar-refractivity contribution in [1.29, 1.82) is 0 Å². The molecular formula is C18H26N2O5. The SMILES string of the molecule is O=C(O)COc1ccc(CN2CCCN([C@H]3COC[C@@H]3O)CC2)cc1. The number of nitrogens with zero attached hydrogens (tertiary/aromatic N) is 2. The molecule has 2 fully saturated rings. The molecule has 1 aromatic carbocycles. The summed E-state index contributed by atoms with van der Waals surface area (Å²) in [7, 11) is 0. The van der Waals surface area contributed by atoms with E-state index in [2.05, 4.69) is 9.80 Å². The fourth-order valence-electron chi connectivity index (χ4n) is 3.46. The van der Waals surface area contributed by atoms with Gasteiger partial charge in [-0.2, -0.15) is 0 Å². The number of aliphatic hydroxyl groups excluding tert-OH is 1. The van der Waals surface area contributed by atoms with E-state index in [1.54, 1.807) is 0 Å². The van der Waals surface area contributed by atoms with Crippen LogP contribution in [-0.2, 0) is 16.1 Å². The minimum absolute atomic E-state index is 0.130. The predicted octanol–water partition coefficient (Wildman–Crippen LogP) is 0.417. The Balaban J connectivity index is 1.49. The van der Waals surface area contributed by atoms with Crippen LogP contribution in [0.25, 0.3) is 0 Å². The first kappa shape index (κ1) is 18.1. The zero-order valence-corrected chi connectivity index (χ0v) is 14.3. The lowest BCUT2D eigenvalue weighted by atomic mass is 10.2. The standard InChI is InChI=1S/C18H26N2O5/c21-17-12-24-11-16(17)20-7-1-6-19(8-9-20)10-14-2-4-15(5-3-14)25-13-18(22)23/h2-5,16-17,21H,1,6-13H2,(H,22,23)/t16-,17-/m0/s1. The topological polar surface area (TPSA) is 82.5 Å². The Kier molecular flexibility index (Phi) is 6.25. The van der Waals surface area contributed by atoms with Gasteiger partial charge < -0.3 is 19.7 Å². The molecule has 3 rings (SSSR count). The largest absolute Gasteiger partial charge is 0.482 e. The van der Waals surface area contributed by atoms with Crippen molar-refractivity contribution in [3.05, 3.63) is 29.8 Å². The molecule has 0 radical (unpaired) electrons. The number of ether oxygens (including phenoxy) is 2. The van der Waals surface area contributed by atoms with Crippen molar-refractivity contribution in [2.75, 3.05) is 46.0 Å². The average molecular weight is 350 g/mol. The fourth-order valence-corrected chi connectivity index (χ4v) is 3.46. The third-order valence-electron chi connectivity index (χ3n) is 4.81. The Hall–Kier alpha value is -1.67. The quantitative estimate of drug-likeness (QED) is 0.769. The van der Waals surface area contributed by atoms with E-state index in [4.69, 9.17) is 14.6 Å². The number of hydrogen-bond acceptors (Lipinski definition) is 6. The van der Waals surface area contributed by atoms with E-state index in [1.807, 2.05) is 24.3 Å². The number of aliphatic carboxylic acids is 1. The number of aliphatic hydroxyl groups is 1. The van der Waals surface area contributed by atoms with Crippen LogP contribution in [0.1, 0.15) is 12.0 Å². The van der Waals surface area contributed by atoms with Crippen molar-refractivity contribution in [2.45, 2.75) is 25.1 Å². The lowest BCUT2D eigenvalue weighted by Crippen LogP contribution is -2.44. The van der Waals surface area contributed by atoms with Crippen LogP contribution in [0.2, 0.25) is 0 Å². The molecule has 138 valence electrons. The number of carbonyl (C=O) groups is 1. The van der Waals surface area contributed by atoms with Crippen molar-refractivity contribution in [1.82, 2.24) is 9.80 Å². The molecule has 2 heterocycles. The molecule has 0 saturated carbocycles. The highest BCUT2D eigenvalue weighted by Crippen LogP contribution is 2.18. The van der Waals surface area contributed by atoms with Gasteiger partial charge in [-0.05, 0) is 37.2 Å². The lowest BCUT2D eigenvalue weighted by Gasteiger charge is -2.28. The van der Waals surface area contributed by atoms with E-state index in [9.17, 15) is 9.90 Å². The maximum atomic E-state index is 10.5. The molecule has 1 aromatic rings. The summed E-state index contributed by atoms with van der Waals surface area (Å²) in [5.74, 6) is -0.403. The van der Waals surface area contributed by atoms with Crippen molar-refractivity contribution < 1.29 is 24.5 Å². The first-order chi connectivity index (χ1) is 12.1. The van der Waals surface area contributed by atoms with Crippen molar-refractivity contribution in [2.24, 2.45) is 0 Å². The highest BCUT2D eigenvalue weighted by atomic mass is 16.5. The summed E-state index contributed by atoms with van der Waals surface area (Å²) in [5.41, 5.74) is 1.18. The van der Waals surface area contributed by atoms with E-state index in [-0.39, 0.29) is 18.8 Å². The van der Waals surface area contributed by atoms with Crippen LogP contribution in [-0.4, -0.2) is 84.1 Å². The van der Waals surface area contributed by atoms with E-state index < -0.39 is 5.97 Å². The van der Waals surface area contributed by atoms with Gasteiger partial charge >= 0.3 is 5.97 Å². The molecule has 2 atom stereocenters. The van der Waals surface area contributed by atoms with E-state index in [1.165, 1.54) is 5.56 Å². The van der Waals surface area contributed by atoms with Gasteiger partial charge in [0, 0.05) is 19.6 Å². The number of carboxylic acid groups (broad SMARTS) is 1. The number of carboxylic acids is 1. The Bertz CT molecular complexity index is 565. The summed E-state index contributed by atoms with van der Waals surface area (Å²) in [6, 6.07) is 7.72. The van der Waals surface area contributed by atoms with Crippen molar-refractivity contribution >= 4 is 5.97 Å². The Morgan fingerprint density at radius 1 is 1.16 bits per heavy atom. The molecule has 7 nitrogen and oxygen atoms in total. The van der Waals surface area contributed by atoms with Gasteiger partial charge in [-0.15, -0.1) is 0 Å². The Morgan fingerprint density at radius 2 is 1.96 bits per heavy atom. The zero-order valence-electron chi connectivity index (χ0n) is 14.3. The third-order valence-corrected chi connectivity index (χ3v) is 4.81. The van der Waals surface area contributed by atoms with Crippen LogP contribution < -0.4 is 4.74 Å². The first-order valence-electron chi connectivity index (χ1n) is 8.77. The molecule has 0 aliphatic carbocycles. The Morgan fingerprint density at radius 3 is 2.64 bits per heavy atom. The molecule has 0 amide bonds. The second-order valence-electron chi connectivity index (χ2n) is 6.66. The molecule has 25 heavy (non-hydrogen) atoms. The van der Waals surface area contributed by atoms with E-state index >= 15 is 0 Å². The van der Waals surface area contributed by atoms with Gasteiger partial charge in [-0.25, -0.2) is 4.79 Å². The molecular weight excluding hydrogens is 324 g/mol. The van der Waals surface area contributed by atoms with Crippen LogP contribution in [0.5, 0.6) is 5.75 Å². The highest BCUT2D eigenvalue weighted by Gasteiger charge is 2.32. The monoisotopic (exact) mass is 350 g/mol. The van der Waals surface area contributed by atoms with Gasteiger partial charge in [0.15, 0.2) is 6.61 Å². The minimum atomic E-state index is -0.976. The Labute approximate surface area is 147 Å². The van der Waals surface area contributed by atoms with Crippen LogP contribution >= 0.6 is 0 Å². The predicted molar refractivity (Wildman–Crippen MR) is 91.7 cm³/mol. The smallest absolute Gasteiger partial charge is 0.341 e. The molecule has 2 aliphatic rings. The van der Waals surface area contributed by atoms with E-state index in [0.717, 1.165) is 39.1 Å². The second kappa shape index (κ2) is 8.62. The van der Waals surface area contributed by atoms with Gasteiger partial charge in [-0.1, -0.05) is 12.1 Å². The normalized spacial score (nSPS) is 25.6. The van der Waals surface area contributed by atoms with E-state index in [0.29, 0.717) is 19.0 Å². The van der Waals surface area contributed by atoms with Crippen LogP contribution in [0.4, 0.5) is 0 Å². The summed E-state index contributed by atoms with van der Waals surface area (Å²) in [6.45, 7) is 5.52. The molecule has 2 aliphatic heterocycles. The molecule has 7 heteroatoms. The van der Waals surface area contributed by atoms with Gasteiger partial charge in [0.1, 0.15) is 5.75 Å². The number of hydrogen-bond donors (Lipinski definition) is 2. The van der Waals surface area contributed by atoms with Crippen molar-refractivity contribution in [3.63, 3.8) is 0 Å². The molecule has 0 unspecified atom stereocenters. The maximum Gasteiger partial charge on any atom is 0.341 e. The summed E-state index contributed by atoms with van der Waals surface area (Å²) < 4.78 is 10.5. The number of benzene rings is 1. The van der Waals surface area contributed by atoms with Gasteiger partial charge in [0.25, 0.3) is 0 Å². The van der Waals surface area contributed by atoms with Crippen LogP contribution in [0, 0.1) is 0 Å². The van der Waals surface area contributed by atoms with Crippen LogP contribution in [0.3, 0.4) is 0 Å². The molecule has 0 spiro atoms.